The van der Waals surface area contributed by atoms with Crippen LogP contribution in [0.2, 0.25) is 5.02 Å². The molecule has 0 N–H and O–H groups in total. The summed E-state index contributed by atoms with van der Waals surface area (Å²) in [7, 11) is 0. The van der Waals surface area contributed by atoms with E-state index in [1.807, 2.05) is 18.2 Å². The average molecular weight is 253 g/mol. The van der Waals surface area contributed by atoms with Crippen molar-refractivity contribution < 1.29 is 4.79 Å². The van der Waals surface area contributed by atoms with Gasteiger partial charge in [0.15, 0.2) is 5.78 Å². The second-order valence-electron chi connectivity index (χ2n) is 4.52. The summed E-state index contributed by atoms with van der Waals surface area (Å²) in [6, 6.07) is 7.32. The molecule has 17 heavy (non-hydrogen) atoms. The normalized spacial score (nSPS) is 12.4. The molecule has 2 heteroatoms. The number of hydrogen-bond acceptors (Lipinski definition) is 1. The maximum absolute atomic E-state index is 12.1. The molecule has 0 saturated carbocycles. The first-order valence-electron chi connectivity index (χ1n) is 6.46. The highest BCUT2D eigenvalue weighted by Gasteiger charge is 2.15. The molecule has 0 fully saturated rings. The van der Waals surface area contributed by atoms with Gasteiger partial charge in [0.05, 0.1) is 5.02 Å². The highest BCUT2D eigenvalue weighted by Crippen LogP contribution is 2.22. The molecule has 0 heterocycles. The molecule has 0 amide bonds. The third kappa shape index (κ3) is 4.51. The van der Waals surface area contributed by atoms with E-state index in [0.29, 0.717) is 22.9 Å². The van der Waals surface area contributed by atoms with Gasteiger partial charge in [-0.05, 0) is 18.1 Å². The zero-order chi connectivity index (χ0) is 12.7. The maximum Gasteiger partial charge on any atom is 0.164 e. The fraction of sp³-hybridized carbons (Fsp3) is 0.533. The van der Waals surface area contributed by atoms with Crippen LogP contribution in [0.15, 0.2) is 24.3 Å². The first-order chi connectivity index (χ1) is 8.19. The van der Waals surface area contributed by atoms with E-state index in [2.05, 4.69) is 13.8 Å². The minimum Gasteiger partial charge on any atom is -0.294 e. The zero-order valence-corrected chi connectivity index (χ0v) is 11.5. The Morgan fingerprint density at radius 1 is 1.29 bits per heavy atom. The molecule has 1 aromatic rings. The summed E-state index contributed by atoms with van der Waals surface area (Å²) in [5, 5.41) is 0.572. The average Bonchev–Trinajstić information content (AvgIpc) is 2.34. The van der Waals surface area contributed by atoms with Gasteiger partial charge >= 0.3 is 0 Å². The minimum atomic E-state index is 0.179. The van der Waals surface area contributed by atoms with Gasteiger partial charge in [-0.25, -0.2) is 0 Å². The number of hydrogen-bond donors (Lipinski definition) is 0. The van der Waals surface area contributed by atoms with Gasteiger partial charge in [0.1, 0.15) is 0 Å². The van der Waals surface area contributed by atoms with E-state index in [-0.39, 0.29) is 5.78 Å². The van der Waals surface area contributed by atoms with Crippen LogP contribution in [0, 0.1) is 5.92 Å². The Bertz CT molecular complexity index is 360. The van der Waals surface area contributed by atoms with E-state index in [1.54, 1.807) is 6.07 Å². The second-order valence-corrected chi connectivity index (χ2v) is 4.93. The number of unbranched alkanes of at least 4 members (excludes halogenated alkanes) is 1. The molecule has 0 spiro atoms. The van der Waals surface area contributed by atoms with E-state index in [1.165, 1.54) is 12.8 Å². The molecular formula is C15H21ClO. The highest BCUT2D eigenvalue weighted by molar-refractivity contribution is 6.33. The fourth-order valence-corrected chi connectivity index (χ4v) is 2.24. The summed E-state index contributed by atoms with van der Waals surface area (Å²) in [6.45, 7) is 4.34. The van der Waals surface area contributed by atoms with Crippen molar-refractivity contribution in [1.82, 2.24) is 0 Å². The van der Waals surface area contributed by atoms with Crippen LogP contribution < -0.4 is 0 Å². The SMILES string of the molecule is CCCCC(CC)CC(=O)c1ccccc1Cl. The number of rotatable bonds is 7. The number of halogens is 1. The van der Waals surface area contributed by atoms with E-state index >= 15 is 0 Å². The summed E-state index contributed by atoms with van der Waals surface area (Å²) in [5.74, 6) is 0.678. The Morgan fingerprint density at radius 2 is 2.00 bits per heavy atom. The Balaban J connectivity index is 2.61. The van der Waals surface area contributed by atoms with Crippen molar-refractivity contribution in [3.8, 4) is 0 Å². The van der Waals surface area contributed by atoms with Gasteiger partial charge in [0.25, 0.3) is 0 Å². The van der Waals surface area contributed by atoms with Crippen molar-refractivity contribution in [3.63, 3.8) is 0 Å². The largest absolute Gasteiger partial charge is 0.294 e. The van der Waals surface area contributed by atoms with Crippen LogP contribution in [0.25, 0.3) is 0 Å². The predicted molar refractivity (Wildman–Crippen MR) is 73.7 cm³/mol. The highest BCUT2D eigenvalue weighted by atomic mass is 35.5. The van der Waals surface area contributed by atoms with Crippen molar-refractivity contribution in [2.45, 2.75) is 46.0 Å². The Kier molecular flexibility index (Phi) is 6.28. The smallest absolute Gasteiger partial charge is 0.164 e. The standard InChI is InChI=1S/C15H21ClO/c1-3-5-8-12(4-2)11-15(17)13-9-6-7-10-14(13)16/h6-7,9-10,12H,3-5,8,11H2,1-2H3. The van der Waals surface area contributed by atoms with Gasteiger partial charge in [0.2, 0.25) is 0 Å². The lowest BCUT2D eigenvalue weighted by Crippen LogP contribution is -2.08. The number of carbonyl (C=O) groups excluding carboxylic acids is 1. The Morgan fingerprint density at radius 3 is 2.59 bits per heavy atom. The third-order valence-electron chi connectivity index (χ3n) is 3.19. The molecule has 0 saturated heterocycles. The number of Topliss-reactive ketones (excluding diaryl/α,β-unsaturated/α-hetero) is 1. The summed E-state index contributed by atoms with van der Waals surface area (Å²) >= 11 is 6.03. The monoisotopic (exact) mass is 252 g/mol. The van der Waals surface area contributed by atoms with Gasteiger partial charge in [-0.3, -0.25) is 4.79 Å². The van der Waals surface area contributed by atoms with E-state index < -0.39 is 0 Å². The summed E-state index contributed by atoms with van der Waals surface area (Å²) in [5.41, 5.74) is 0.670. The molecule has 1 unspecified atom stereocenters. The van der Waals surface area contributed by atoms with E-state index in [9.17, 15) is 4.79 Å². The summed E-state index contributed by atoms with van der Waals surface area (Å²) < 4.78 is 0. The molecule has 1 aromatic carbocycles. The maximum atomic E-state index is 12.1. The number of benzene rings is 1. The third-order valence-corrected chi connectivity index (χ3v) is 3.52. The van der Waals surface area contributed by atoms with Gasteiger partial charge < -0.3 is 0 Å². The Labute approximate surface area is 109 Å². The molecule has 94 valence electrons. The van der Waals surface area contributed by atoms with Crippen LogP contribution in [-0.2, 0) is 0 Å². The summed E-state index contributed by atoms with van der Waals surface area (Å²) in [6.07, 6.45) is 5.23. The summed E-state index contributed by atoms with van der Waals surface area (Å²) in [4.78, 5) is 12.1. The van der Waals surface area contributed by atoms with Crippen LogP contribution in [0.5, 0.6) is 0 Å². The zero-order valence-electron chi connectivity index (χ0n) is 10.7. The van der Waals surface area contributed by atoms with Gasteiger partial charge in [-0.15, -0.1) is 0 Å². The molecule has 0 bridgehead atoms. The molecule has 0 aliphatic carbocycles. The molecular weight excluding hydrogens is 232 g/mol. The Hall–Kier alpha value is -0.820. The molecule has 0 aliphatic rings. The van der Waals surface area contributed by atoms with Crippen LogP contribution in [-0.4, -0.2) is 5.78 Å². The fourth-order valence-electron chi connectivity index (χ4n) is 2.00. The van der Waals surface area contributed by atoms with Crippen molar-refractivity contribution in [1.29, 1.82) is 0 Å². The van der Waals surface area contributed by atoms with Gasteiger partial charge in [-0.2, -0.15) is 0 Å². The first-order valence-corrected chi connectivity index (χ1v) is 6.84. The number of carbonyl (C=O) groups is 1. The lowest BCUT2D eigenvalue weighted by atomic mass is 9.91. The molecule has 0 radical (unpaired) electrons. The molecule has 1 nitrogen and oxygen atoms in total. The van der Waals surface area contributed by atoms with Crippen molar-refractivity contribution in [2.24, 2.45) is 5.92 Å². The predicted octanol–water partition coefficient (Wildman–Crippen LogP) is 5.13. The number of ketones is 1. The van der Waals surface area contributed by atoms with Crippen LogP contribution in [0.4, 0.5) is 0 Å². The lowest BCUT2D eigenvalue weighted by Gasteiger charge is -2.13. The first kappa shape index (κ1) is 14.2. The van der Waals surface area contributed by atoms with Crippen molar-refractivity contribution >= 4 is 17.4 Å². The van der Waals surface area contributed by atoms with Crippen molar-refractivity contribution in [2.75, 3.05) is 0 Å². The van der Waals surface area contributed by atoms with Crippen molar-refractivity contribution in [3.05, 3.63) is 34.9 Å². The molecule has 1 rings (SSSR count). The van der Waals surface area contributed by atoms with E-state index in [4.69, 9.17) is 11.6 Å². The lowest BCUT2D eigenvalue weighted by molar-refractivity contribution is 0.0957. The van der Waals surface area contributed by atoms with Gasteiger partial charge in [0, 0.05) is 12.0 Å². The quantitative estimate of drug-likeness (QED) is 0.615. The molecule has 0 aliphatic heterocycles. The molecule has 0 aromatic heterocycles. The van der Waals surface area contributed by atoms with Gasteiger partial charge in [-0.1, -0.05) is 63.3 Å². The van der Waals surface area contributed by atoms with E-state index in [0.717, 1.165) is 12.8 Å². The minimum absolute atomic E-state index is 0.179. The second kappa shape index (κ2) is 7.50. The van der Waals surface area contributed by atoms with Crippen LogP contribution >= 0.6 is 11.6 Å². The van der Waals surface area contributed by atoms with Crippen LogP contribution in [0.1, 0.15) is 56.3 Å². The topological polar surface area (TPSA) is 17.1 Å². The van der Waals surface area contributed by atoms with Crippen LogP contribution in [0.3, 0.4) is 0 Å². The molecule has 1 atom stereocenters.